The van der Waals surface area contributed by atoms with Gasteiger partial charge in [0.05, 0.1) is 7.11 Å². The average Bonchev–Trinajstić information content (AvgIpc) is 3.17. The van der Waals surface area contributed by atoms with Gasteiger partial charge in [0.2, 0.25) is 0 Å². The van der Waals surface area contributed by atoms with Crippen molar-refractivity contribution in [3.8, 4) is 5.75 Å². The first kappa shape index (κ1) is 11.0. The summed E-state index contributed by atoms with van der Waals surface area (Å²) in [6.07, 6.45) is 7.56. The number of allylic oxidation sites excluding steroid dienone is 2. The van der Waals surface area contributed by atoms with Crippen LogP contribution >= 0.6 is 0 Å². The van der Waals surface area contributed by atoms with E-state index in [1.54, 1.807) is 18.2 Å². The van der Waals surface area contributed by atoms with Gasteiger partial charge < -0.3 is 4.74 Å². The third-order valence-electron chi connectivity index (χ3n) is 5.79. The van der Waals surface area contributed by atoms with E-state index in [1.807, 2.05) is 0 Å². The summed E-state index contributed by atoms with van der Waals surface area (Å²) in [5.74, 6) is 4.27. The van der Waals surface area contributed by atoms with E-state index in [0.29, 0.717) is 0 Å². The standard InChI is InChI=1S/C19H18O/c1-20-17-4-2-3-11-7-8-14-16(19(11)17)10-15-12-5-6-13(9-12)18(14)15/h2-8,12-13,15,18H,9-10H2,1H3. The molecule has 2 aromatic rings. The van der Waals surface area contributed by atoms with Gasteiger partial charge in [-0.1, -0.05) is 36.4 Å². The van der Waals surface area contributed by atoms with Crippen LogP contribution in [0.3, 0.4) is 0 Å². The molecule has 5 rings (SSSR count). The van der Waals surface area contributed by atoms with Crippen molar-refractivity contribution in [3.63, 3.8) is 0 Å². The lowest BCUT2D eigenvalue weighted by Crippen LogP contribution is -2.12. The molecule has 0 radical (unpaired) electrons. The Labute approximate surface area is 119 Å². The third kappa shape index (κ3) is 1.19. The highest BCUT2D eigenvalue weighted by atomic mass is 16.5. The van der Waals surface area contributed by atoms with Crippen molar-refractivity contribution in [3.05, 3.63) is 53.6 Å². The van der Waals surface area contributed by atoms with Gasteiger partial charge in [-0.25, -0.2) is 0 Å². The number of fused-ring (bicyclic) bond motifs is 9. The SMILES string of the molecule is COc1cccc2ccc3c(c12)CC1C2C=CC(C2)C31. The van der Waals surface area contributed by atoms with Crippen molar-refractivity contribution in [1.29, 1.82) is 0 Å². The Morgan fingerprint density at radius 3 is 2.85 bits per heavy atom. The summed E-state index contributed by atoms with van der Waals surface area (Å²) in [7, 11) is 1.79. The highest BCUT2D eigenvalue weighted by Crippen LogP contribution is 2.59. The first-order valence-corrected chi connectivity index (χ1v) is 7.63. The zero-order valence-corrected chi connectivity index (χ0v) is 11.7. The number of methoxy groups -OCH3 is 1. The Morgan fingerprint density at radius 2 is 1.95 bits per heavy atom. The molecule has 1 heteroatoms. The van der Waals surface area contributed by atoms with Gasteiger partial charge in [0, 0.05) is 5.39 Å². The molecule has 1 fully saturated rings. The Balaban J connectivity index is 1.78. The van der Waals surface area contributed by atoms with Gasteiger partial charge in [0.25, 0.3) is 0 Å². The maximum atomic E-state index is 5.63. The molecule has 100 valence electrons. The fraction of sp³-hybridized carbons (Fsp3) is 0.368. The highest BCUT2D eigenvalue weighted by Gasteiger charge is 2.49. The molecule has 4 unspecified atom stereocenters. The van der Waals surface area contributed by atoms with E-state index < -0.39 is 0 Å². The number of rotatable bonds is 1. The van der Waals surface area contributed by atoms with Crippen molar-refractivity contribution < 1.29 is 4.74 Å². The molecular formula is C19H18O. The van der Waals surface area contributed by atoms with Crippen LogP contribution in [0, 0.1) is 17.8 Å². The summed E-state index contributed by atoms with van der Waals surface area (Å²) >= 11 is 0. The van der Waals surface area contributed by atoms with E-state index in [1.165, 1.54) is 23.6 Å². The molecule has 3 aliphatic rings. The average molecular weight is 262 g/mol. The molecule has 3 aliphatic carbocycles. The molecule has 0 saturated heterocycles. The fourth-order valence-corrected chi connectivity index (χ4v) is 5.04. The Bertz CT molecular complexity index is 743. The zero-order chi connectivity index (χ0) is 13.3. The predicted octanol–water partition coefficient (Wildman–Crippen LogP) is 4.31. The van der Waals surface area contributed by atoms with Crippen LogP contribution in [-0.2, 0) is 6.42 Å². The fourth-order valence-electron chi connectivity index (χ4n) is 5.04. The van der Waals surface area contributed by atoms with E-state index in [0.717, 1.165) is 29.4 Å². The van der Waals surface area contributed by atoms with Gasteiger partial charge in [-0.05, 0) is 59.1 Å². The molecule has 0 heterocycles. The molecule has 0 amide bonds. The monoisotopic (exact) mass is 262 g/mol. The third-order valence-corrected chi connectivity index (χ3v) is 5.79. The van der Waals surface area contributed by atoms with Gasteiger partial charge >= 0.3 is 0 Å². The molecule has 1 nitrogen and oxygen atoms in total. The number of ether oxygens (including phenoxy) is 1. The molecule has 0 N–H and O–H groups in total. The molecule has 0 aromatic heterocycles. The Kier molecular flexibility index (Phi) is 2.01. The summed E-state index contributed by atoms with van der Waals surface area (Å²) in [5.41, 5.74) is 3.16. The van der Waals surface area contributed by atoms with Gasteiger partial charge in [0.1, 0.15) is 5.75 Å². The minimum absolute atomic E-state index is 0.773. The topological polar surface area (TPSA) is 9.23 Å². The van der Waals surface area contributed by atoms with E-state index >= 15 is 0 Å². The minimum atomic E-state index is 0.773. The maximum absolute atomic E-state index is 5.63. The first-order valence-electron chi connectivity index (χ1n) is 7.63. The molecule has 2 aromatic carbocycles. The maximum Gasteiger partial charge on any atom is 0.126 e. The van der Waals surface area contributed by atoms with Crippen molar-refractivity contribution in [2.75, 3.05) is 7.11 Å². The van der Waals surface area contributed by atoms with Gasteiger partial charge in [-0.15, -0.1) is 0 Å². The van der Waals surface area contributed by atoms with Crippen molar-refractivity contribution in [1.82, 2.24) is 0 Å². The number of hydrogen-bond donors (Lipinski definition) is 0. The molecule has 0 aliphatic heterocycles. The first-order chi connectivity index (χ1) is 9.86. The normalized spacial score (nSPS) is 32.6. The smallest absolute Gasteiger partial charge is 0.126 e. The number of benzene rings is 2. The van der Waals surface area contributed by atoms with Gasteiger partial charge in [-0.2, -0.15) is 0 Å². The molecule has 20 heavy (non-hydrogen) atoms. The van der Waals surface area contributed by atoms with Crippen LogP contribution in [0.4, 0.5) is 0 Å². The largest absolute Gasteiger partial charge is 0.496 e. The molecular weight excluding hydrogens is 244 g/mol. The van der Waals surface area contributed by atoms with Crippen molar-refractivity contribution in [2.45, 2.75) is 18.8 Å². The van der Waals surface area contributed by atoms with Crippen LogP contribution in [0.1, 0.15) is 23.5 Å². The lowest BCUT2D eigenvalue weighted by atomic mass is 9.83. The highest BCUT2D eigenvalue weighted by molar-refractivity contribution is 5.93. The van der Waals surface area contributed by atoms with Crippen LogP contribution in [0.15, 0.2) is 42.5 Å². The van der Waals surface area contributed by atoms with Crippen molar-refractivity contribution >= 4 is 10.8 Å². The van der Waals surface area contributed by atoms with Gasteiger partial charge in [-0.3, -0.25) is 0 Å². The minimum Gasteiger partial charge on any atom is -0.496 e. The molecule has 2 bridgehead atoms. The van der Waals surface area contributed by atoms with Crippen LogP contribution in [0.2, 0.25) is 0 Å². The summed E-state index contributed by atoms with van der Waals surface area (Å²) in [6, 6.07) is 11.1. The quantitative estimate of drug-likeness (QED) is 0.696. The number of hydrogen-bond acceptors (Lipinski definition) is 1. The van der Waals surface area contributed by atoms with E-state index in [2.05, 4.69) is 42.5 Å². The summed E-state index contributed by atoms with van der Waals surface area (Å²) in [5, 5.41) is 2.68. The van der Waals surface area contributed by atoms with Crippen LogP contribution in [0.25, 0.3) is 10.8 Å². The Hall–Kier alpha value is -1.76. The molecule has 4 atom stereocenters. The van der Waals surface area contributed by atoms with Crippen molar-refractivity contribution in [2.24, 2.45) is 17.8 Å². The van der Waals surface area contributed by atoms with E-state index in [4.69, 9.17) is 4.74 Å². The van der Waals surface area contributed by atoms with Gasteiger partial charge in [0.15, 0.2) is 0 Å². The summed E-state index contributed by atoms with van der Waals surface area (Å²) in [6.45, 7) is 0. The lowest BCUT2D eigenvalue weighted by Gasteiger charge is -2.20. The second-order valence-electron chi connectivity index (χ2n) is 6.53. The molecule has 0 spiro atoms. The zero-order valence-electron chi connectivity index (χ0n) is 11.7. The summed E-state index contributed by atoms with van der Waals surface area (Å²) < 4.78 is 5.63. The second kappa shape index (κ2) is 3.66. The second-order valence-corrected chi connectivity index (χ2v) is 6.53. The Morgan fingerprint density at radius 1 is 1.05 bits per heavy atom. The van der Waals surface area contributed by atoms with Crippen LogP contribution < -0.4 is 4.74 Å². The lowest BCUT2D eigenvalue weighted by molar-refractivity contribution is 0.418. The summed E-state index contributed by atoms with van der Waals surface area (Å²) in [4.78, 5) is 0. The van der Waals surface area contributed by atoms with Crippen LogP contribution in [0.5, 0.6) is 5.75 Å². The van der Waals surface area contributed by atoms with Crippen LogP contribution in [-0.4, -0.2) is 7.11 Å². The molecule has 1 saturated carbocycles. The van der Waals surface area contributed by atoms with E-state index in [9.17, 15) is 0 Å². The predicted molar refractivity (Wildman–Crippen MR) is 81.2 cm³/mol. The van der Waals surface area contributed by atoms with E-state index in [-0.39, 0.29) is 0 Å².